The fourth-order valence-electron chi connectivity index (χ4n) is 1.04. The van der Waals surface area contributed by atoms with Crippen LogP contribution in [0.3, 0.4) is 0 Å². The predicted octanol–water partition coefficient (Wildman–Crippen LogP) is 2.28. The maximum absolute atomic E-state index is 8.65. The van der Waals surface area contributed by atoms with Crippen molar-refractivity contribution in [3.8, 4) is 11.5 Å². The van der Waals surface area contributed by atoms with Gasteiger partial charge in [-0.1, -0.05) is 30.3 Å². The maximum atomic E-state index is 8.65. The van der Waals surface area contributed by atoms with Crippen molar-refractivity contribution in [2.75, 3.05) is 0 Å². The van der Waals surface area contributed by atoms with E-state index in [9.17, 15) is 0 Å². The summed E-state index contributed by atoms with van der Waals surface area (Å²) in [6, 6.07) is 15.2. The van der Waals surface area contributed by atoms with Gasteiger partial charge in [0.05, 0.1) is 6.61 Å². The summed E-state index contributed by atoms with van der Waals surface area (Å²) >= 11 is 0. The van der Waals surface area contributed by atoms with E-state index in [1.807, 2.05) is 30.3 Å². The van der Waals surface area contributed by atoms with E-state index in [1.54, 1.807) is 0 Å². The Morgan fingerprint density at radius 1 is 0.688 bits per heavy atom. The lowest BCUT2D eigenvalue weighted by Gasteiger charge is -1.89. The molecule has 0 amide bonds. The van der Waals surface area contributed by atoms with Gasteiger partial charge in [0, 0.05) is 0 Å². The Bertz CT molecular complexity index is 374. The number of phenols is 2. The summed E-state index contributed by atoms with van der Waals surface area (Å²) < 4.78 is 0. The summed E-state index contributed by atoms with van der Waals surface area (Å²) in [5.41, 5.74) is 0.965. The Hall–Kier alpha value is -2.00. The molecule has 0 saturated carbocycles. The van der Waals surface area contributed by atoms with Crippen molar-refractivity contribution in [2.24, 2.45) is 0 Å². The van der Waals surface area contributed by atoms with Gasteiger partial charge in [-0.05, 0) is 29.8 Å². The second-order valence-electron chi connectivity index (χ2n) is 3.16. The predicted molar refractivity (Wildman–Crippen MR) is 62.1 cm³/mol. The van der Waals surface area contributed by atoms with Crippen LogP contribution in [-0.2, 0) is 6.61 Å². The van der Waals surface area contributed by atoms with Gasteiger partial charge in [-0.15, -0.1) is 0 Å². The first-order valence-electron chi connectivity index (χ1n) is 4.85. The zero-order valence-electron chi connectivity index (χ0n) is 8.74. The molecule has 0 radical (unpaired) electrons. The van der Waals surface area contributed by atoms with E-state index in [1.165, 1.54) is 24.3 Å². The van der Waals surface area contributed by atoms with Crippen molar-refractivity contribution in [1.82, 2.24) is 0 Å². The molecule has 0 aromatic heterocycles. The highest BCUT2D eigenvalue weighted by molar-refractivity contribution is 5.28. The molecule has 0 bridgehead atoms. The second-order valence-corrected chi connectivity index (χ2v) is 3.16. The number of hydrogen-bond acceptors (Lipinski definition) is 3. The minimum Gasteiger partial charge on any atom is -0.508 e. The van der Waals surface area contributed by atoms with Crippen molar-refractivity contribution >= 4 is 0 Å². The third kappa shape index (κ3) is 4.48. The molecule has 3 heteroatoms. The van der Waals surface area contributed by atoms with E-state index in [4.69, 9.17) is 15.3 Å². The summed E-state index contributed by atoms with van der Waals surface area (Å²) in [6.45, 7) is 0.140. The Morgan fingerprint density at radius 2 is 1.12 bits per heavy atom. The molecular formula is C13H14O3. The number of rotatable bonds is 1. The summed E-state index contributed by atoms with van der Waals surface area (Å²) in [6.07, 6.45) is 0. The monoisotopic (exact) mass is 218 g/mol. The molecule has 0 saturated heterocycles. The van der Waals surface area contributed by atoms with Gasteiger partial charge in [0.25, 0.3) is 0 Å². The standard InChI is InChI=1S/C7H8O.C6H6O2/c8-6-7-4-2-1-3-5-7;7-5-1-2-6(8)4-3-5/h1-5,8H,6H2;1-4,7-8H. The van der Waals surface area contributed by atoms with Crippen LogP contribution in [0.2, 0.25) is 0 Å². The van der Waals surface area contributed by atoms with E-state index in [-0.39, 0.29) is 18.1 Å². The lowest BCUT2D eigenvalue weighted by molar-refractivity contribution is 0.282. The number of hydrogen-bond donors (Lipinski definition) is 3. The highest BCUT2D eigenvalue weighted by atomic mass is 16.3. The van der Waals surface area contributed by atoms with Crippen LogP contribution in [0.15, 0.2) is 54.6 Å². The Labute approximate surface area is 94.2 Å². The molecule has 0 spiro atoms. The first kappa shape index (κ1) is 12.1. The van der Waals surface area contributed by atoms with Gasteiger partial charge in [0.1, 0.15) is 11.5 Å². The molecule has 0 aliphatic rings. The fraction of sp³-hybridized carbons (Fsp3) is 0.0769. The van der Waals surface area contributed by atoms with Crippen molar-refractivity contribution in [1.29, 1.82) is 0 Å². The minimum atomic E-state index is 0.140. The molecule has 0 atom stereocenters. The lowest BCUT2D eigenvalue weighted by Crippen LogP contribution is -1.77. The van der Waals surface area contributed by atoms with Crippen LogP contribution in [-0.4, -0.2) is 15.3 Å². The fourth-order valence-corrected chi connectivity index (χ4v) is 1.04. The van der Waals surface area contributed by atoms with Gasteiger partial charge in [-0.25, -0.2) is 0 Å². The molecule has 3 nitrogen and oxygen atoms in total. The van der Waals surface area contributed by atoms with Gasteiger partial charge in [0.2, 0.25) is 0 Å². The molecule has 0 fully saturated rings. The molecule has 84 valence electrons. The van der Waals surface area contributed by atoms with Crippen LogP contribution < -0.4 is 0 Å². The number of aromatic hydroxyl groups is 2. The number of aliphatic hydroxyl groups is 1. The van der Waals surface area contributed by atoms with Gasteiger partial charge in [-0.2, -0.15) is 0 Å². The molecule has 0 aliphatic carbocycles. The van der Waals surface area contributed by atoms with Gasteiger partial charge >= 0.3 is 0 Å². The highest BCUT2D eigenvalue weighted by Gasteiger charge is 1.84. The summed E-state index contributed by atoms with van der Waals surface area (Å²) in [5.74, 6) is 0.339. The van der Waals surface area contributed by atoms with E-state index >= 15 is 0 Å². The smallest absolute Gasteiger partial charge is 0.115 e. The average molecular weight is 218 g/mol. The van der Waals surface area contributed by atoms with Crippen molar-refractivity contribution in [3.05, 3.63) is 60.2 Å². The second kappa shape index (κ2) is 6.48. The number of phenolic OH excluding ortho intramolecular Hbond substituents is 2. The highest BCUT2D eigenvalue weighted by Crippen LogP contribution is 2.13. The zero-order valence-corrected chi connectivity index (χ0v) is 8.74. The summed E-state index contributed by atoms with van der Waals surface area (Å²) in [5, 5.41) is 25.8. The first-order chi connectivity index (χ1) is 7.72. The SMILES string of the molecule is OCc1ccccc1.Oc1ccc(O)cc1. The van der Waals surface area contributed by atoms with Gasteiger partial charge in [0.15, 0.2) is 0 Å². The lowest BCUT2D eigenvalue weighted by atomic mass is 10.2. The van der Waals surface area contributed by atoms with Crippen molar-refractivity contribution in [2.45, 2.75) is 6.61 Å². The van der Waals surface area contributed by atoms with E-state index < -0.39 is 0 Å². The first-order valence-corrected chi connectivity index (χ1v) is 4.85. The van der Waals surface area contributed by atoms with Gasteiger partial charge < -0.3 is 15.3 Å². The zero-order chi connectivity index (χ0) is 11.8. The molecule has 2 aromatic rings. The van der Waals surface area contributed by atoms with Crippen LogP contribution in [0.4, 0.5) is 0 Å². The minimum absolute atomic E-state index is 0.140. The molecule has 16 heavy (non-hydrogen) atoms. The Morgan fingerprint density at radius 3 is 1.44 bits per heavy atom. The van der Waals surface area contributed by atoms with E-state index in [2.05, 4.69) is 0 Å². The topological polar surface area (TPSA) is 60.7 Å². The van der Waals surface area contributed by atoms with Crippen molar-refractivity contribution in [3.63, 3.8) is 0 Å². The molecule has 0 unspecified atom stereocenters. The van der Waals surface area contributed by atoms with Crippen molar-refractivity contribution < 1.29 is 15.3 Å². The van der Waals surface area contributed by atoms with Crippen LogP contribution in [0, 0.1) is 0 Å². The van der Waals surface area contributed by atoms with Crippen LogP contribution in [0.25, 0.3) is 0 Å². The van der Waals surface area contributed by atoms with Crippen LogP contribution in [0.1, 0.15) is 5.56 Å². The third-order valence-corrected chi connectivity index (χ3v) is 1.88. The van der Waals surface area contributed by atoms with Crippen LogP contribution in [0.5, 0.6) is 11.5 Å². The molecule has 3 N–H and O–H groups in total. The number of benzene rings is 2. The summed E-state index contributed by atoms with van der Waals surface area (Å²) in [7, 11) is 0. The summed E-state index contributed by atoms with van der Waals surface area (Å²) in [4.78, 5) is 0. The third-order valence-electron chi connectivity index (χ3n) is 1.88. The maximum Gasteiger partial charge on any atom is 0.115 e. The van der Waals surface area contributed by atoms with Gasteiger partial charge in [-0.3, -0.25) is 0 Å². The Balaban J connectivity index is 0.000000160. The molecule has 0 aliphatic heterocycles. The largest absolute Gasteiger partial charge is 0.508 e. The quantitative estimate of drug-likeness (QED) is 0.643. The molecular weight excluding hydrogens is 204 g/mol. The van der Waals surface area contributed by atoms with E-state index in [0.29, 0.717) is 0 Å². The average Bonchev–Trinajstić information content (AvgIpc) is 2.35. The molecule has 2 aromatic carbocycles. The molecule has 2 rings (SSSR count). The number of aliphatic hydroxyl groups excluding tert-OH is 1. The van der Waals surface area contributed by atoms with Crippen LogP contribution >= 0.6 is 0 Å². The molecule has 0 heterocycles. The Kier molecular flexibility index (Phi) is 4.89. The van der Waals surface area contributed by atoms with E-state index in [0.717, 1.165) is 5.56 Å². The normalized spacial score (nSPS) is 9.06.